The highest BCUT2D eigenvalue weighted by atomic mass is 32.2. The lowest BCUT2D eigenvalue weighted by Crippen LogP contribution is -2.44. The standard InChI is InChI=1S/C24H27N3O3S/c1-31-23-11-3-2-10-22(23)29-17-20-16-21(26-30-20)24(28)27-15-7-5-9-19(27)13-12-18-8-4-6-14-25-18/h2-4,6,8,10-11,14,16,19H,5,7,9,12-13,15,17H2,1H3. The highest BCUT2D eigenvalue weighted by Gasteiger charge is 2.29. The molecule has 1 amide bonds. The molecule has 4 rings (SSSR count). The number of aryl methyl sites for hydroxylation is 1. The molecule has 6 nitrogen and oxygen atoms in total. The number of ether oxygens (including phenoxy) is 1. The largest absolute Gasteiger partial charge is 0.484 e. The molecule has 0 aliphatic carbocycles. The molecule has 1 saturated heterocycles. The molecule has 1 aliphatic heterocycles. The number of aromatic nitrogens is 2. The molecule has 2 aromatic heterocycles. The van der Waals surface area contributed by atoms with Crippen LogP contribution in [0.2, 0.25) is 0 Å². The van der Waals surface area contributed by atoms with Gasteiger partial charge in [0.2, 0.25) is 0 Å². The summed E-state index contributed by atoms with van der Waals surface area (Å²) in [4.78, 5) is 20.6. The number of para-hydroxylation sites is 1. The van der Waals surface area contributed by atoms with Crippen molar-refractivity contribution in [1.82, 2.24) is 15.0 Å². The first-order valence-electron chi connectivity index (χ1n) is 10.7. The monoisotopic (exact) mass is 437 g/mol. The molecule has 7 heteroatoms. The number of nitrogens with zero attached hydrogens (tertiary/aromatic N) is 3. The Morgan fingerprint density at radius 2 is 2.10 bits per heavy atom. The minimum absolute atomic E-state index is 0.0646. The van der Waals surface area contributed by atoms with Crippen molar-refractivity contribution in [2.45, 2.75) is 49.6 Å². The van der Waals surface area contributed by atoms with Crippen molar-refractivity contribution >= 4 is 17.7 Å². The fourth-order valence-corrected chi connectivity index (χ4v) is 4.49. The fourth-order valence-electron chi connectivity index (χ4n) is 3.94. The third kappa shape index (κ3) is 5.47. The van der Waals surface area contributed by atoms with Gasteiger partial charge in [-0.15, -0.1) is 11.8 Å². The van der Waals surface area contributed by atoms with Gasteiger partial charge in [-0.05, 0) is 62.6 Å². The summed E-state index contributed by atoms with van der Waals surface area (Å²) < 4.78 is 11.3. The minimum atomic E-state index is -0.0646. The van der Waals surface area contributed by atoms with Crippen molar-refractivity contribution in [3.05, 3.63) is 71.9 Å². The second kappa shape index (κ2) is 10.5. The third-order valence-corrected chi connectivity index (χ3v) is 6.34. The Bertz CT molecular complexity index is 992. The third-order valence-electron chi connectivity index (χ3n) is 5.56. The lowest BCUT2D eigenvalue weighted by atomic mass is 9.96. The Balaban J connectivity index is 1.38. The Morgan fingerprint density at radius 1 is 1.23 bits per heavy atom. The number of benzene rings is 1. The minimum Gasteiger partial charge on any atom is -0.484 e. The van der Waals surface area contributed by atoms with Crippen molar-refractivity contribution in [2.24, 2.45) is 0 Å². The molecule has 1 aliphatic rings. The molecule has 162 valence electrons. The fraction of sp³-hybridized carbons (Fsp3) is 0.375. The zero-order chi connectivity index (χ0) is 21.5. The molecule has 0 spiro atoms. The molecular weight excluding hydrogens is 410 g/mol. The molecular formula is C24H27N3O3S. The summed E-state index contributed by atoms with van der Waals surface area (Å²) in [6.07, 6.45) is 8.77. The Hall–Kier alpha value is -2.80. The number of rotatable bonds is 8. The van der Waals surface area contributed by atoms with Gasteiger partial charge in [0, 0.05) is 35.4 Å². The summed E-state index contributed by atoms with van der Waals surface area (Å²) in [6, 6.07) is 15.7. The van der Waals surface area contributed by atoms with Gasteiger partial charge in [-0.2, -0.15) is 0 Å². The number of hydrogen-bond acceptors (Lipinski definition) is 6. The van der Waals surface area contributed by atoms with Crippen molar-refractivity contribution in [3.8, 4) is 5.75 Å². The summed E-state index contributed by atoms with van der Waals surface area (Å²) in [5.74, 6) is 1.27. The maximum atomic E-state index is 13.2. The Kier molecular flexibility index (Phi) is 7.25. The van der Waals surface area contributed by atoms with Gasteiger partial charge >= 0.3 is 0 Å². The van der Waals surface area contributed by atoms with E-state index < -0.39 is 0 Å². The van der Waals surface area contributed by atoms with Crippen LogP contribution in [0.3, 0.4) is 0 Å². The number of likely N-dealkylation sites (tertiary alicyclic amines) is 1. The van der Waals surface area contributed by atoms with E-state index in [1.165, 1.54) is 0 Å². The molecule has 1 atom stereocenters. The van der Waals surface area contributed by atoms with Crippen molar-refractivity contribution < 1.29 is 14.1 Å². The van der Waals surface area contributed by atoms with Crippen LogP contribution in [0.5, 0.6) is 5.75 Å². The quantitative estimate of drug-likeness (QED) is 0.462. The average molecular weight is 438 g/mol. The maximum Gasteiger partial charge on any atom is 0.276 e. The van der Waals surface area contributed by atoms with Crippen LogP contribution in [0, 0.1) is 0 Å². The summed E-state index contributed by atoms with van der Waals surface area (Å²) in [5, 5.41) is 4.04. The van der Waals surface area contributed by atoms with Crippen LogP contribution in [-0.4, -0.2) is 39.8 Å². The number of hydrogen-bond donors (Lipinski definition) is 0. The summed E-state index contributed by atoms with van der Waals surface area (Å²) >= 11 is 1.63. The highest BCUT2D eigenvalue weighted by Crippen LogP contribution is 2.28. The van der Waals surface area contributed by atoms with E-state index in [1.807, 2.05) is 59.8 Å². The number of pyridine rings is 1. The second-order valence-corrected chi connectivity index (χ2v) is 8.47. The maximum absolute atomic E-state index is 13.2. The molecule has 1 aromatic carbocycles. The average Bonchev–Trinajstić information content (AvgIpc) is 3.31. The number of carbonyl (C=O) groups excluding carboxylic acids is 1. The van der Waals surface area contributed by atoms with Crippen molar-refractivity contribution in [1.29, 1.82) is 0 Å². The van der Waals surface area contributed by atoms with E-state index in [1.54, 1.807) is 17.8 Å². The van der Waals surface area contributed by atoms with E-state index in [9.17, 15) is 4.79 Å². The van der Waals surface area contributed by atoms with E-state index in [0.717, 1.165) is 55.0 Å². The predicted octanol–water partition coefficient (Wildman–Crippen LogP) is 5.00. The molecule has 1 fully saturated rings. The smallest absolute Gasteiger partial charge is 0.276 e. The van der Waals surface area contributed by atoms with Gasteiger partial charge in [-0.25, -0.2) is 0 Å². The van der Waals surface area contributed by atoms with Crippen LogP contribution >= 0.6 is 11.8 Å². The van der Waals surface area contributed by atoms with Gasteiger partial charge in [-0.3, -0.25) is 9.78 Å². The van der Waals surface area contributed by atoms with E-state index in [4.69, 9.17) is 9.26 Å². The molecule has 31 heavy (non-hydrogen) atoms. The van der Waals surface area contributed by atoms with Crippen molar-refractivity contribution in [3.63, 3.8) is 0 Å². The zero-order valence-corrected chi connectivity index (χ0v) is 18.5. The zero-order valence-electron chi connectivity index (χ0n) is 17.7. The van der Waals surface area contributed by atoms with Crippen LogP contribution < -0.4 is 4.74 Å². The van der Waals surface area contributed by atoms with Gasteiger partial charge in [0.05, 0.1) is 0 Å². The van der Waals surface area contributed by atoms with Gasteiger partial charge in [-0.1, -0.05) is 23.4 Å². The van der Waals surface area contributed by atoms with Crippen LogP contribution in [0.15, 0.2) is 64.1 Å². The van der Waals surface area contributed by atoms with Gasteiger partial charge in [0.25, 0.3) is 5.91 Å². The molecule has 1 unspecified atom stereocenters. The van der Waals surface area contributed by atoms with Gasteiger partial charge < -0.3 is 14.2 Å². The predicted molar refractivity (Wildman–Crippen MR) is 120 cm³/mol. The van der Waals surface area contributed by atoms with E-state index in [-0.39, 0.29) is 18.6 Å². The molecule has 0 bridgehead atoms. The first kappa shape index (κ1) is 21.4. The van der Waals surface area contributed by atoms with Crippen LogP contribution in [0.4, 0.5) is 0 Å². The number of piperidine rings is 1. The summed E-state index contributed by atoms with van der Waals surface area (Å²) in [6.45, 7) is 0.993. The van der Waals surface area contributed by atoms with Gasteiger partial charge in [0.15, 0.2) is 11.5 Å². The van der Waals surface area contributed by atoms with Gasteiger partial charge in [0.1, 0.15) is 12.4 Å². The highest BCUT2D eigenvalue weighted by molar-refractivity contribution is 7.98. The second-order valence-electron chi connectivity index (χ2n) is 7.63. The molecule has 3 aromatic rings. The topological polar surface area (TPSA) is 68.5 Å². The number of thioether (sulfide) groups is 1. The number of amides is 1. The Labute approximate surface area is 187 Å². The van der Waals surface area contributed by atoms with Crippen LogP contribution in [0.25, 0.3) is 0 Å². The lowest BCUT2D eigenvalue weighted by Gasteiger charge is -2.35. The van der Waals surface area contributed by atoms with Crippen molar-refractivity contribution in [2.75, 3.05) is 12.8 Å². The molecule has 0 radical (unpaired) electrons. The normalized spacial score (nSPS) is 16.3. The SMILES string of the molecule is CSc1ccccc1OCc1cc(C(=O)N2CCCCC2CCc2ccccn2)no1. The van der Waals surface area contributed by atoms with E-state index >= 15 is 0 Å². The van der Waals surface area contributed by atoms with E-state index in [0.29, 0.717) is 11.5 Å². The molecule has 3 heterocycles. The summed E-state index contributed by atoms with van der Waals surface area (Å²) in [7, 11) is 0. The van der Waals surface area contributed by atoms with Crippen LogP contribution in [0.1, 0.15) is 47.6 Å². The molecule has 0 saturated carbocycles. The first-order chi connectivity index (χ1) is 15.2. The Morgan fingerprint density at radius 3 is 2.94 bits per heavy atom. The van der Waals surface area contributed by atoms with E-state index in [2.05, 4.69) is 10.1 Å². The number of carbonyl (C=O) groups is 1. The summed E-state index contributed by atoms with van der Waals surface area (Å²) in [5.41, 5.74) is 1.41. The lowest BCUT2D eigenvalue weighted by molar-refractivity contribution is 0.0591. The van der Waals surface area contributed by atoms with Crippen LogP contribution in [-0.2, 0) is 13.0 Å². The first-order valence-corrected chi connectivity index (χ1v) is 11.9. The molecule has 0 N–H and O–H groups in total.